The zero-order valence-corrected chi connectivity index (χ0v) is 8.17. The molecule has 0 fully saturated rings. The Morgan fingerprint density at radius 2 is 2.00 bits per heavy atom. The first-order chi connectivity index (χ1) is 6.24. The Morgan fingerprint density at radius 1 is 1.38 bits per heavy atom. The van der Waals surface area contributed by atoms with Crippen molar-refractivity contribution in [3.05, 3.63) is 48.0 Å². The van der Waals surface area contributed by atoms with Crippen LogP contribution in [0.1, 0.15) is 18.1 Å². The number of aliphatic hydroxyl groups is 1. The zero-order chi connectivity index (χ0) is 9.68. The van der Waals surface area contributed by atoms with Crippen LogP contribution in [0.2, 0.25) is 0 Å². The summed E-state index contributed by atoms with van der Waals surface area (Å²) >= 11 is 5.57. The van der Waals surface area contributed by atoms with Crippen LogP contribution in [0, 0.1) is 0 Å². The van der Waals surface area contributed by atoms with E-state index in [9.17, 15) is 5.11 Å². The molecule has 0 aliphatic heterocycles. The fraction of sp³-hybridized carbons (Fsp3) is 0.273. The second kappa shape index (κ2) is 5.05. The Hall–Kier alpha value is -0.790. The summed E-state index contributed by atoms with van der Waals surface area (Å²) in [6, 6.07) is 9.52. The molecule has 0 saturated heterocycles. The minimum atomic E-state index is -0.479. The first-order valence-corrected chi connectivity index (χ1v) is 4.73. The molecule has 1 unspecified atom stereocenters. The molecule has 0 amide bonds. The molecule has 1 rings (SSSR count). The van der Waals surface area contributed by atoms with Gasteiger partial charge < -0.3 is 5.11 Å². The standard InChI is InChI=1S/C11H13ClO/c1-9(8-12)7-11(13)10-5-3-2-4-6-10/h2-6,11,13H,1,7-8H2. The fourth-order valence-electron chi connectivity index (χ4n) is 1.12. The number of aliphatic hydroxyl groups excluding tert-OH is 1. The molecule has 1 aromatic rings. The maximum absolute atomic E-state index is 9.70. The van der Waals surface area contributed by atoms with Crippen LogP contribution in [0.25, 0.3) is 0 Å². The lowest BCUT2D eigenvalue weighted by Gasteiger charge is -2.10. The van der Waals surface area contributed by atoms with Gasteiger partial charge in [-0.2, -0.15) is 0 Å². The lowest BCUT2D eigenvalue weighted by molar-refractivity contribution is 0.178. The summed E-state index contributed by atoms with van der Waals surface area (Å²) in [5.74, 6) is 0.407. The van der Waals surface area contributed by atoms with Gasteiger partial charge in [-0.15, -0.1) is 11.6 Å². The molecule has 0 aromatic heterocycles. The Kier molecular flexibility index (Phi) is 4.00. The van der Waals surface area contributed by atoms with E-state index in [4.69, 9.17) is 11.6 Å². The van der Waals surface area contributed by atoms with Gasteiger partial charge in [-0.05, 0) is 12.0 Å². The van der Waals surface area contributed by atoms with Crippen molar-refractivity contribution in [1.29, 1.82) is 0 Å². The van der Waals surface area contributed by atoms with E-state index in [1.54, 1.807) is 0 Å². The Bertz CT molecular complexity index is 269. The summed E-state index contributed by atoms with van der Waals surface area (Å²) in [4.78, 5) is 0. The Balaban J connectivity index is 2.59. The molecule has 0 radical (unpaired) electrons. The molecule has 0 aliphatic carbocycles. The minimum Gasteiger partial charge on any atom is -0.388 e. The van der Waals surface area contributed by atoms with Gasteiger partial charge >= 0.3 is 0 Å². The van der Waals surface area contributed by atoms with E-state index in [1.807, 2.05) is 30.3 Å². The van der Waals surface area contributed by atoms with Crippen molar-refractivity contribution in [2.45, 2.75) is 12.5 Å². The molecule has 1 aromatic carbocycles. The third-order valence-electron chi connectivity index (χ3n) is 1.86. The molecule has 70 valence electrons. The summed E-state index contributed by atoms with van der Waals surface area (Å²) in [6.07, 6.45) is 0.0560. The Morgan fingerprint density at radius 3 is 2.54 bits per heavy atom. The van der Waals surface area contributed by atoms with Gasteiger partial charge in [0, 0.05) is 5.88 Å². The van der Waals surface area contributed by atoms with Gasteiger partial charge in [0.05, 0.1) is 6.10 Å². The van der Waals surface area contributed by atoms with Crippen molar-refractivity contribution in [2.75, 3.05) is 5.88 Å². The van der Waals surface area contributed by atoms with Crippen LogP contribution < -0.4 is 0 Å². The van der Waals surface area contributed by atoms with Gasteiger partial charge in [-0.25, -0.2) is 0 Å². The van der Waals surface area contributed by atoms with Gasteiger partial charge in [0.1, 0.15) is 0 Å². The molecule has 13 heavy (non-hydrogen) atoms. The summed E-state index contributed by atoms with van der Waals surface area (Å²) in [6.45, 7) is 3.75. The molecule has 0 aliphatic rings. The van der Waals surface area contributed by atoms with E-state index in [-0.39, 0.29) is 0 Å². The highest BCUT2D eigenvalue weighted by Crippen LogP contribution is 2.19. The fourth-order valence-corrected chi connectivity index (χ4v) is 1.23. The first kappa shape index (κ1) is 10.3. The third kappa shape index (κ3) is 3.21. The molecule has 0 bridgehead atoms. The number of halogens is 1. The molecule has 1 N–H and O–H groups in total. The van der Waals surface area contributed by atoms with E-state index in [1.165, 1.54) is 0 Å². The van der Waals surface area contributed by atoms with Crippen molar-refractivity contribution in [3.8, 4) is 0 Å². The number of alkyl halides is 1. The average Bonchev–Trinajstić information content (AvgIpc) is 2.19. The van der Waals surface area contributed by atoms with Crippen molar-refractivity contribution >= 4 is 11.6 Å². The summed E-state index contributed by atoms with van der Waals surface area (Å²) in [7, 11) is 0. The van der Waals surface area contributed by atoms with Crippen LogP contribution in [0.5, 0.6) is 0 Å². The van der Waals surface area contributed by atoms with E-state index in [0.29, 0.717) is 12.3 Å². The van der Waals surface area contributed by atoms with E-state index in [0.717, 1.165) is 11.1 Å². The third-order valence-corrected chi connectivity index (χ3v) is 2.23. The van der Waals surface area contributed by atoms with Crippen LogP contribution in [0.3, 0.4) is 0 Å². The predicted octanol–water partition coefficient (Wildman–Crippen LogP) is 2.91. The first-order valence-electron chi connectivity index (χ1n) is 4.19. The summed E-state index contributed by atoms with van der Waals surface area (Å²) in [5.41, 5.74) is 1.77. The predicted molar refractivity (Wildman–Crippen MR) is 55.9 cm³/mol. The summed E-state index contributed by atoms with van der Waals surface area (Å²) < 4.78 is 0. The highest BCUT2D eigenvalue weighted by atomic mass is 35.5. The maximum Gasteiger partial charge on any atom is 0.0827 e. The van der Waals surface area contributed by atoms with Crippen molar-refractivity contribution < 1.29 is 5.11 Å². The largest absolute Gasteiger partial charge is 0.388 e. The zero-order valence-electron chi connectivity index (χ0n) is 7.41. The SMILES string of the molecule is C=C(CCl)CC(O)c1ccccc1. The molecule has 1 atom stereocenters. The summed E-state index contributed by atoms with van der Waals surface area (Å²) in [5, 5.41) is 9.70. The van der Waals surface area contributed by atoms with Gasteiger partial charge in [0.15, 0.2) is 0 Å². The topological polar surface area (TPSA) is 20.2 Å². The number of rotatable bonds is 4. The van der Waals surface area contributed by atoms with Gasteiger partial charge in [0.2, 0.25) is 0 Å². The van der Waals surface area contributed by atoms with E-state index < -0.39 is 6.10 Å². The second-order valence-electron chi connectivity index (χ2n) is 3.01. The normalized spacial score (nSPS) is 12.5. The van der Waals surface area contributed by atoms with E-state index in [2.05, 4.69) is 6.58 Å². The van der Waals surface area contributed by atoms with Crippen molar-refractivity contribution in [3.63, 3.8) is 0 Å². The lowest BCUT2D eigenvalue weighted by Crippen LogP contribution is -1.99. The molecular formula is C11H13ClO. The van der Waals surface area contributed by atoms with Crippen LogP contribution in [0.4, 0.5) is 0 Å². The number of benzene rings is 1. The number of hydrogen-bond acceptors (Lipinski definition) is 1. The van der Waals surface area contributed by atoms with Crippen LogP contribution >= 0.6 is 11.6 Å². The highest BCUT2D eigenvalue weighted by Gasteiger charge is 2.07. The second-order valence-corrected chi connectivity index (χ2v) is 3.28. The van der Waals surface area contributed by atoms with Crippen LogP contribution in [0.15, 0.2) is 42.5 Å². The highest BCUT2D eigenvalue weighted by molar-refractivity contribution is 6.19. The van der Waals surface area contributed by atoms with Crippen LogP contribution in [-0.4, -0.2) is 11.0 Å². The maximum atomic E-state index is 9.70. The molecule has 0 saturated carbocycles. The van der Waals surface area contributed by atoms with Crippen molar-refractivity contribution in [2.24, 2.45) is 0 Å². The van der Waals surface area contributed by atoms with Gasteiger partial charge in [-0.3, -0.25) is 0 Å². The van der Waals surface area contributed by atoms with Gasteiger partial charge in [-0.1, -0.05) is 42.5 Å². The van der Waals surface area contributed by atoms with Gasteiger partial charge in [0.25, 0.3) is 0 Å². The Labute approximate surface area is 83.7 Å². The lowest BCUT2D eigenvalue weighted by atomic mass is 10.0. The minimum absolute atomic E-state index is 0.407. The molecule has 0 spiro atoms. The smallest absolute Gasteiger partial charge is 0.0827 e. The molecular weight excluding hydrogens is 184 g/mol. The molecule has 0 heterocycles. The quantitative estimate of drug-likeness (QED) is 0.580. The van der Waals surface area contributed by atoms with Crippen molar-refractivity contribution in [1.82, 2.24) is 0 Å². The van der Waals surface area contributed by atoms with E-state index >= 15 is 0 Å². The molecule has 1 nitrogen and oxygen atoms in total. The average molecular weight is 197 g/mol. The van der Waals surface area contributed by atoms with Crippen LogP contribution in [-0.2, 0) is 0 Å². The molecule has 2 heteroatoms. The monoisotopic (exact) mass is 196 g/mol. The number of hydrogen-bond donors (Lipinski definition) is 1.